The summed E-state index contributed by atoms with van der Waals surface area (Å²) in [4.78, 5) is 32.0. The molecule has 0 aliphatic carbocycles. The Hall–Kier alpha value is -2.15. The number of rotatable bonds is 3. The van der Waals surface area contributed by atoms with E-state index in [-0.39, 0.29) is 5.91 Å². The molecule has 0 unspecified atom stereocenters. The minimum Gasteiger partial charge on any atom is -0.444 e. The van der Waals surface area contributed by atoms with Crippen molar-refractivity contribution in [2.45, 2.75) is 40.2 Å². The zero-order chi connectivity index (χ0) is 17.3. The average Bonchev–Trinajstić information content (AvgIpc) is 2.46. The molecule has 0 radical (unpaired) electrons. The van der Waals surface area contributed by atoms with Crippen molar-refractivity contribution in [3.63, 3.8) is 0 Å². The van der Waals surface area contributed by atoms with Gasteiger partial charge in [0.05, 0.1) is 12.7 Å². The van der Waals surface area contributed by atoms with Crippen molar-refractivity contribution in [1.82, 2.24) is 10.0 Å². The molecular weight excluding hydrogens is 286 g/mol. The van der Waals surface area contributed by atoms with Gasteiger partial charge in [-0.1, -0.05) is 13.8 Å². The molecule has 0 spiro atoms. The molecule has 1 heterocycles. The number of nitrogens with one attached hydrogen (secondary N) is 1. The van der Waals surface area contributed by atoms with Crippen LogP contribution in [-0.4, -0.2) is 41.8 Å². The summed E-state index contributed by atoms with van der Waals surface area (Å²) in [5, 5.41) is 3.56. The molecular formula is C15H25N3O4. The largest absolute Gasteiger partial charge is 0.444 e. The summed E-state index contributed by atoms with van der Waals surface area (Å²) in [5.74, 6) is -0.0281. The van der Waals surface area contributed by atoms with Crippen LogP contribution in [0.2, 0.25) is 0 Å². The molecule has 0 aliphatic heterocycles. The fourth-order valence-electron chi connectivity index (χ4n) is 1.27. The van der Waals surface area contributed by atoms with Crippen molar-refractivity contribution in [3.8, 4) is 0 Å². The molecule has 0 bridgehead atoms. The third kappa shape index (κ3) is 7.03. The van der Waals surface area contributed by atoms with Crippen molar-refractivity contribution in [1.29, 1.82) is 0 Å². The zero-order valence-corrected chi connectivity index (χ0v) is 14.3. The first-order valence-electron chi connectivity index (χ1n) is 7.01. The molecule has 7 nitrogen and oxygen atoms in total. The van der Waals surface area contributed by atoms with Gasteiger partial charge in [0.2, 0.25) is 0 Å². The number of carbonyl (C=O) groups is 2. The highest BCUT2D eigenvalue weighted by molar-refractivity contribution is 5.93. The van der Waals surface area contributed by atoms with E-state index in [4.69, 9.17) is 9.57 Å². The predicted molar refractivity (Wildman–Crippen MR) is 84.5 cm³/mol. The van der Waals surface area contributed by atoms with Crippen molar-refractivity contribution in [2.75, 3.05) is 19.5 Å². The van der Waals surface area contributed by atoms with Crippen LogP contribution < -0.4 is 5.32 Å². The summed E-state index contributed by atoms with van der Waals surface area (Å²) < 4.78 is 5.09. The number of hydrogen-bond donors (Lipinski definition) is 1. The monoisotopic (exact) mass is 311 g/mol. The lowest BCUT2D eigenvalue weighted by Crippen LogP contribution is -2.28. The highest BCUT2D eigenvalue weighted by atomic mass is 16.7. The van der Waals surface area contributed by atoms with E-state index in [1.54, 1.807) is 20.8 Å². The number of aromatic nitrogens is 1. The number of hydroxylamine groups is 2. The fourth-order valence-corrected chi connectivity index (χ4v) is 1.27. The zero-order valence-electron chi connectivity index (χ0n) is 14.3. The molecule has 1 rings (SSSR count). The van der Waals surface area contributed by atoms with Gasteiger partial charge >= 0.3 is 6.09 Å². The van der Waals surface area contributed by atoms with Crippen LogP contribution in [0.5, 0.6) is 0 Å². The summed E-state index contributed by atoms with van der Waals surface area (Å²) in [7, 11) is 2.89. The van der Waals surface area contributed by atoms with Crippen molar-refractivity contribution in [3.05, 3.63) is 23.9 Å². The van der Waals surface area contributed by atoms with Crippen LogP contribution in [0.15, 0.2) is 18.3 Å². The predicted octanol–water partition coefficient (Wildman–Crippen LogP) is 3.09. The molecule has 22 heavy (non-hydrogen) atoms. The van der Waals surface area contributed by atoms with Crippen LogP contribution in [0, 0.1) is 0 Å². The molecule has 0 aliphatic rings. The van der Waals surface area contributed by atoms with Crippen LogP contribution in [-0.2, 0) is 9.57 Å². The van der Waals surface area contributed by atoms with Crippen LogP contribution in [0.4, 0.5) is 10.6 Å². The molecule has 1 aromatic heterocycles. The number of hydrogen-bond acceptors (Lipinski definition) is 5. The van der Waals surface area contributed by atoms with Crippen LogP contribution in [0.3, 0.4) is 0 Å². The van der Waals surface area contributed by atoms with Gasteiger partial charge in [0.25, 0.3) is 5.91 Å². The quantitative estimate of drug-likeness (QED) is 0.868. The molecule has 0 atom stereocenters. The molecule has 124 valence electrons. The number of ether oxygens (including phenoxy) is 1. The summed E-state index contributed by atoms with van der Waals surface area (Å²) in [6.45, 7) is 9.30. The van der Waals surface area contributed by atoms with Gasteiger partial charge in [-0.2, -0.15) is 0 Å². The van der Waals surface area contributed by atoms with Crippen LogP contribution >= 0.6 is 0 Å². The lowest BCUT2D eigenvalue weighted by molar-refractivity contribution is -0.0757. The summed E-state index contributed by atoms with van der Waals surface area (Å²) in [5.41, 5.74) is -0.231. The molecule has 0 fully saturated rings. The van der Waals surface area contributed by atoms with E-state index < -0.39 is 11.7 Å². The number of carbonyl (C=O) groups excluding carboxylic acids is 2. The smallest absolute Gasteiger partial charge is 0.413 e. The standard InChI is InChI=1S/C13H19N3O4.C2H6/c1-13(2,3)20-12(18)15-10-7-6-9(8-14-10)11(17)16(4)19-5;1-2/h6-8H,1-5H3,(H,14,15,18);1-2H3. The summed E-state index contributed by atoms with van der Waals surface area (Å²) in [6, 6.07) is 3.05. The van der Waals surface area contributed by atoms with Gasteiger partial charge < -0.3 is 4.74 Å². The van der Waals surface area contributed by atoms with E-state index in [1.165, 1.54) is 32.5 Å². The maximum absolute atomic E-state index is 11.7. The minimum absolute atomic E-state index is 0.302. The Morgan fingerprint density at radius 3 is 2.23 bits per heavy atom. The minimum atomic E-state index is -0.599. The molecule has 0 saturated carbocycles. The van der Waals surface area contributed by atoms with Gasteiger partial charge in [-0.25, -0.2) is 14.8 Å². The average molecular weight is 311 g/mol. The fraction of sp³-hybridized carbons (Fsp3) is 0.533. The van der Waals surface area contributed by atoms with E-state index in [0.717, 1.165) is 5.06 Å². The van der Waals surface area contributed by atoms with Gasteiger partial charge in [-0.3, -0.25) is 14.9 Å². The second-order valence-electron chi connectivity index (χ2n) is 5.04. The third-order valence-corrected chi connectivity index (χ3v) is 2.20. The molecule has 1 N–H and O–H groups in total. The van der Waals surface area contributed by atoms with E-state index >= 15 is 0 Å². The Morgan fingerprint density at radius 1 is 1.23 bits per heavy atom. The maximum Gasteiger partial charge on any atom is 0.413 e. The van der Waals surface area contributed by atoms with Gasteiger partial charge in [-0.05, 0) is 32.9 Å². The highest BCUT2D eigenvalue weighted by Gasteiger charge is 2.17. The van der Waals surface area contributed by atoms with Gasteiger partial charge in [0.1, 0.15) is 11.4 Å². The Balaban J connectivity index is 0.00000211. The number of pyridine rings is 1. The molecule has 7 heteroatoms. The number of amides is 2. The van der Waals surface area contributed by atoms with E-state index in [9.17, 15) is 9.59 Å². The second kappa shape index (κ2) is 8.99. The van der Waals surface area contributed by atoms with Gasteiger partial charge in [0.15, 0.2) is 0 Å². The van der Waals surface area contributed by atoms with Crippen molar-refractivity contribution in [2.24, 2.45) is 0 Å². The Kier molecular flexibility index (Phi) is 8.11. The Labute approximate surface area is 131 Å². The molecule has 0 saturated heterocycles. The highest BCUT2D eigenvalue weighted by Crippen LogP contribution is 2.11. The van der Waals surface area contributed by atoms with Crippen molar-refractivity contribution < 1.29 is 19.2 Å². The SMILES string of the molecule is CC.CON(C)C(=O)c1ccc(NC(=O)OC(C)(C)C)nc1. The van der Waals surface area contributed by atoms with Crippen LogP contribution in [0.1, 0.15) is 45.0 Å². The number of anilines is 1. The van der Waals surface area contributed by atoms with Gasteiger partial charge in [-0.15, -0.1) is 0 Å². The van der Waals surface area contributed by atoms with E-state index in [0.29, 0.717) is 11.4 Å². The molecule has 1 aromatic rings. The first-order chi connectivity index (χ1) is 10.2. The van der Waals surface area contributed by atoms with E-state index in [2.05, 4.69) is 10.3 Å². The first-order valence-corrected chi connectivity index (χ1v) is 7.01. The Morgan fingerprint density at radius 2 is 1.82 bits per heavy atom. The normalized spacial score (nSPS) is 10.1. The third-order valence-electron chi connectivity index (χ3n) is 2.20. The maximum atomic E-state index is 11.7. The molecule has 0 aromatic carbocycles. The Bertz CT molecular complexity index is 481. The first kappa shape index (κ1) is 19.9. The second-order valence-corrected chi connectivity index (χ2v) is 5.04. The topological polar surface area (TPSA) is 80.8 Å². The lowest BCUT2D eigenvalue weighted by atomic mass is 10.2. The van der Waals surface area contributed by atoms with Gasteiger partial charge in [0, 0.05) is 13.2 Å². The number of nitrogens with zero attached hydrogens (tertiary/aromatic N) is 2. The lowest BCUT2D eigenvalue weighted by Gasteiger charge is -2.19. The van der Waals surface area contributed by atoms with Crippen LogP contribution in [0.25, 0.3) is 0 Å². The summed E-state index contributed by atoms with van der Waals surface area (Å²) >= 11 is 0. The summed E-state index contributed by atoms with van der Waals surface area (Å²) in [6.07, 6.45) is 0.753. The van der Waals surface area contributed by atoms with E-state index in [1.807, 2.05) is 13.8 Å². The van der Waals surface area contributed by atoms with Crippen molar-refractivity contribution >= 4 is 17.8 Å². The molecule has 2 amide bonds.